The summed E-state index contributed by atoms with van der Waals surface area (Å²) in [7, 11) is 0. The Balaban J connectivity index is 1.52. The number of aliphatic hydroxyl groups excluding tert-OH is 5. The minimum Gasteiger partial charge on any atom is -0.393 e. The molecule has 0 spiro atoms. The van der Waals surface area contributed by atoms with Gasteiger partial charge < -0.3 is 49.6 Å². The molecule has 6 N–H and O–H groups in total. The van der Waals surface area contributed by atoms with E-state index < -0.39 is 55.3 Å². The zero-order chi connectivity index (χ0) is 21.0. The third kappa shape index (κ3) is 5.12. The first-order valence-electron chi connectivity index (χ1n) is 9.45. The lowest BCUT2D eigenvalue weighted by Gasteiger charge is -2.40. The fourth-order valence-electron chi connectivity index (χ4n) is 3.25. The van der Waals surface area contributed by atoms with Crippen LogP contribution in [0.3, 0.4) is 0 Å². The van der Waals surface area contributed by atoms with Gasteiger partial charge in [0.25, 0.3) is 0 Å². The van der Waals surface area contributed by atoms with Gasteiger partial charge in [0.1, 0.15) is 36.1 Å². The van der Waals surface area contributed by atoms with Gasteiger partial charge in [-0.3, -0.25) is 0 Å². The first-order valence-corrected chi connectivity index (χ1v) is 9.45. The number of hydrogen-bond donors (Lipinski definition) is 6. The van der Waals surface area contributed by atoms with Crippen molar-refractivity contribution in [2.45, 2.75) is 55.1 Å². The summed E-state index contributed by atoms with van der Waals surface area (Å²) in [6.07, 6.45) is -8.88. The van der Waals surface area contributed by atoms with Crippen LogP contribution in [0.25, 0.3) is 0 Å². The summed E-state index contributed by atoms with van der Waals surface area (Å²) in [5.41, 5.74) is -0.808. The van der Waals surface area contributed by atoms with Gasteiger partial charge in [-0.25, -0.2) is 0 Å². The van der Waals surface area contributed by atoms with Gasteiger partial charge >= 0.3 is 0 Å². The lowest BCUT2D eigenvalue weighted by Crippen LogP contribution is -2.59. The Morgan fingerprint density at radius 3 is 2.34 bits per heavy atom. The van der Waals surface area contributed by atoms with E-state index in [1.165, 1.54) is 0 Å². The normalized spacial score (nSPS) is 40.3. The largest absolute Gasteiger partial charge is 0.393 e. The molecule has 0 amide bonds. The highest BCUT2D eigenvalue weighted by Gasteiger charge is 2.50. The summed E-state index contributed by atoms with van der Waals surface area (Å²) in [6, 6.07) is 9.54. The van der Waals surface area contributed by atoms with Gasteiger partial charge in [-0.2, -0.15) is 0 Å². The predicted molar refractivity (Wildman–Crippen MR) is 96.5 cm³/mol. The van der Waals surface area contributed by atoms with Crippen LogP contribution in [0, 0.1) is 0 Å². The standard InChI is InChI=1S/C19H28O10/c20-9-19(25)10-28-18(16(19)24)27-8-12-13(21)14(22)15(23)17(29-12)26-7-6-11-4-2-1-3-5-11/h1-5,12-18,20-25H,6-10H2/t12-,13-,14+,15-,16+,17-,18+,19-/m1/s1. The molecule has 10 heteroatoms. The van der Waals surface area contributed by atoms with Crippen molar-refractivity contribution in [2.24, 2.45) is 0 Å². The molecule has 0 aliphatic carbocycles. The maximum atomic E-state index is 10.2. The molecule has 1 aromatic rings. The second-order valence-corrected chi connectivity index (χ2v) is 7.34. The van der Waals surface area contributed by atoms with Gasteiger partial charge in [-0.05, 0) is 12.0 Å². The molecule has 0 unspecified atom stereocenters. The molecule has 8 atom stereocenters. The minimum absolute atomic E-state index is 0.218. The molecule has 0 saturated carbocycles. The van der Waals surface area contributed by atoms with Gasteiger partial charge in [0.2, 0.25) is 0 Å². The SMILES string of the molecule is OC[C@@]1(O)CO[C@H](OC[C@H]2O[C@@H](OCCc3ccccc3)[C@H](O)[C@@H](O)[C@@H]2O)[C@@H]1O. The van der Waals surface area contributed by atoms with E-state index in [9.17, 15) is 25.5 Å². The van der Waals surface area contributed by atoms with Gasteiger partial charge in [0.15, 0.2) is 12.6 Å². The molecular formula is C19H28O10. The summed E-state index contributed by atoms with van der Waals surface area (Å²) in [4.78, 5) is 0. The third-order valence-electron chi connectivity index (χ3n) is 5.19. The fraction of sp³-hybridized carbons (Fsp3) is 0.684. The van der Waals surface area contributed by atoms with Crippen LogP contribution in [0.1, 0.15) is 5.56 Å². The van der Waals surface area contributed by atoms with Gasteiger partial charge in [0, 0.05) is 0 Å². The van der Waals surface area contributed by atoms with Crippen molar-refractivity contribution in [3.05, 3.63) is 35.9 Å². The van der Waals surface area contributed by atoms with Crippen LogP contribution in [0.4, 0.5) is 0 Å². The van der Waals surface area contributed by atoms with Crippen LogP contribution in [0.5, 0.6) is 0 Å². The van der Waals surface area contributed by atoms with Crippen LogP contribution in [-0.2, 0) is 25.4 Å². The van der Waals surface area contributed by atoms with E-state index in [2.05, 4.69) is 0 Å². The van der Waals surface area contributed by atoms with Crippen molar-refractivity contribution < 1.29 is 49.6 Å². The number of benzene rings is 1. The quantitative estimate of drug-likeness (QED) is 0.268. The molecule has 3 rings (SSSR count). The van der Waals surface area contributed by atoms with E-state index in [-0.39, 0.29) is 19.8 Å². The van der Waals surface area contributed by atoms with Crippen molar-refractivity contribution in [2.75, 3.05) is 26.4 Å². The smallest absolute Gasteiger partial charge is 0.186 e. The van der Waals surface area contributed by atoms with E-state index in [1.54, 1.807) is 0 Å². The molecule has 2 heterocycles. The summed E-state index contributed by atoms with van der Waals surface area (Å²) in [6.45, 7) is -1.13. The molecule has 2 saturated heterocycles. The van der Waals surface area contributed by atoms with Crippen molar-refractivity contribution in [3.63, 3.8) is 0 Å². The maximum absolute atomic E-state index is 10.2. The maximum Gasteiger partial charge on any atom is 0.186 e. The average Bonchev–Trinajstić information content (AvgIpc) is 3.02. The molecule has 1 aromatic carbocycles. The first-order chi connectivity index (χ1) is 13.9. The van der Waals surface area contributed by atoms with E-state index in [0.29, 0.717) is 6.42 Å². The van der Waals surface area contributed by atoms with E-state index >= 15 is 0 Å². The van der Waals surface area contributed by atoms with Crippen molar-refractivity contribution in [1.82, 2.24) is 0 Å². The van der Waals surface area contributed by atoms with E-state index in [4.69, 9.17) is 24.1 Å². The summed E-state index contributed by atoms with van der Waals surface area (Å²) < 4.78 is 21.6. The Labute approximate surface area is 167 Å². The van der Waals surface area contributed by atoms with Crippen LogP contribution in [0.15, 0.2) is 30.3 Å². The van der Waals surface area contributed by atoms with E-state index in [0.717, 1.165) is 5.56 Å². The summed E-state index contributed by atoms with van der Waals surface area (Å²) in [5.74, 6) is 0. The second kappa shape index (κ2) is 9.75. The molecule has 10 nitrogen and oxygen atoms in total. The number of rotatable bonds is 8. The molecule has 0 aromatic heterocycles. The van der Waals surface area contributed by atoms with Crippen molar-refractivity contribution in [3.8, 4) is 0 Å². The lowest BCUT2D eigenvalue weighted by molar-refractivity contribution is -0.309. The second-order valence-electron chi connectivity index (χ2n) is 7.34. The Kier molecular flexibility index (Phi) is 7.57. The van der Waals surface area contributed by atoms with Crippen LogP contribution in [0.2, 0.25) is 0 Å². The number of hydrogen-bond acceptors (Lipinski definition) is 10. The highest BCUT2D eigenvalue weighted by atomic mass is 16.7. The molecule has 0 bridgehead atoms. The molecule has 2 aliphatic rings. The average molecular weight is 416 g/mol. The Bertz CT molecular complexity index is 631. The summed E-state index contributed by atoms with van der Waals surface area (Å²) in [5, 5.41) is 59.5. The van der Waals surface area contributed by atoms with E-state index in [1.807, 2.05) is 30.3 Å². The van der Waals surface area contributed by atoms with Gasteiger partial charge in [-0.1, -0.05) is 30.3 Å². The number of ether oxygens (including phenoxy) is 4. The monoisotopic (exact) mass is 416 g/mol. The highest BCUT2D eigenvalue weighted by molar-refractivity contribution is 5.14. The third-order valence-corrected chi connectivity index (χ3v) is 5.19. The first kappa shape index (κ1) is 22.5. The molecule has 164 valence electrons. The molecule has 2 aliphatic heterocycles. The molecule has 2 fully saturated rings. The Hall–Kier alpha value is -1.18. The van der Waals surface area contributed by atoms with Crippen LogP contribution < -0.4 is 0 Å². The van der Waals surface area contributed by atoms with Crippen LogP contribution in [-0.4, -0.2) is 106 Å². The zero-order valence-electron chi connectivity index (χ0n) is 15.8. The fourth-order valence-corrected chi connectivity index (χ4v) is 3.25. The highest BCUT2D eigenvalue weighted by Crippen LogP contribution is 2.27. The molecule has 0 radical (unpaired) electrons. The minimum atomic E-state index is -1.84. The zero-order valence-corrected chi connectivity index (χ0v) is 15.8. The van der Waals surface area contributed by atoms with Crippen molar-refractivity contribution in [1.29, 1.82) is 0 Å². The summed E-state index contributed by atoms with van der Waals surface area (Å²) >= 11 is 0. The van der Waals surface area contributed by atoms with Crippen molar-refractivity contribution >= 4 is 0 Å². The van der Waals surface area contributed by atoms with Crippen LogP contribution >= 0.6 is 0 Å². The Morgan fingerprint density at radius 2 is 1.69 bits per heavy atom. The molecular weight excluding hydrogens is 388 g/mol. The predicted octanol–water partition coefficient (Wildman–Crippen LogP) is -2.49. The Morgan fingerprint density at radius 1 is 0.966 bits per heavy atom. The lowest BCUT2D eigenvalue weighted by atomic mass is 9.99. The van der Waals surface area contributed by atoms with Gasteiger partial charge in [-0.15, -0.1) is 0 Å². The van der Waals surface area contributed by atoms with Gasteiger partial charge in [0.05, 0.1) is 26.4 Å². The molecule has 29 heavy (non-hydrogen) atoms. The topological polar surface area (TPSA) is 158 Å². The number of aliphatic hydroxyl groups is 6.